The van der Waals surface area contributed by atoms with E-state index in [1.165, 1.54) is 6.07 Å². The molecule has 0 atom stereocenters. The molecular weight excluding hydrogens is 291 g/mol. The van der Waals surface area contributed by atoms with Crippen molar-refractivity contribution in [1.29, 1.82) is 0 Å². The van der Waals surface area contributed by atoms with E-state index in [4.69, 9.17) is 5.73 Å². The SMILES string of the molecule is CC(C)C(=O)NCCNC(=O)Nc1ccc(F)c(C(N)=O)c1. The van der Waals surface area contributed by atoms with Crippen molar-refractivity contribution in [2.24, 2.45) is 11.7 Å². The summed E-state index contributed by atoms with van der Waals surface area (Å²) in [6.07, 6.45) is 0. The highest BCUT2D eigenvalue weighted by Crippen LogP contribution is 2.14. The van der Waals surface area contributed by atoms with Gasteiger partial charge in [-0.1, -0.05) is 13.8 Å². The summed E-state index contributed by atoms with van der Waals surface area (Å²) in [7, 11) is 0. The zero-order valence-corrected chi connectivity index (χ0v) is 12.4. The van der Waals surface area contributed by atoms with E-state index in [1.807, 2.05) is 0 Å². The van der Waals surface area contributed by atoms with Crippen molar-refractivity contribution in [1.82, 2.24) is 10.6 Å². The summed E-state index contributed by atoms with van der Waals surface area (Å²) in [5, 5.41) is 7.59. The molecule has 0 aliphatic heterocycles. The minimum Gasteiger partial charge on any atom is -0.366 e. The van der Waals surface area contributed by atoms with Crippen LogP contribution in [0.1, 0.15) is 24.2 Å². The van der Waals surface area contributed by atoms with Crippen LogP contribution in [0.2, 0.25) is 0 Å². The van der Waals surface area contributed by atoms with Crippen LogP contribution in [0, 0.1) is 11.7 Å². The largest absolute Gasteiger partial charge is 0.366 e. The Morgan fingerprint density at radius 2 is 1.82 bits per heavy atom. The summed E-state index contributed by atoms with van der Waals surface area (Å²) in [6.45, 7) is 4.05. The smallest absolute Gasteiger partial charge is 0.319 e. The van der Waals surface area contributed by atoms with E-state index in [2.05, 4.69) is 16.0 Å². The van der Waals surface area contributed by atoms with Crippen LogP contribution in [0.25, 0.3) is 0 Å². The van der Waals surface area contributed by atoms with Crippen LogP contribution in [0.3, 0.4) is 0 Å². The molecule has 1 aromatic rings. The van der Waals surface area contributed by atoms with E-state index in [0.29, 0.717) is 6.54 Å². The highest BCUT2D eigenvalue weighted by atomic mass is 19.1. The lowest BCUT2D eigenvalue weighted by Gasteiger charge is -2.10. The molecule has 0 unspecified atom stereocenters. The van der Waals surface area contributed by atoms with Gasteiger partial charge in [-0.25, -0.2) is 9.18 Å². The predicted molar refractivity (Wildman–Crippen MR) is 79.8 cm³/mol. The summed E-state index contributed by atoms with van der Waals surface area (Å²) >= 11 is 0. The number of primary amides is 1. The third-order valence-electron chi connectivity index (χ3n) is 2.72. The van der Waals surface area contributed by atoms with Gasteiger partial charge in [0.15, 0.2) is 0 Å². The van der Waals surface area contributed by atoms with Gasteiger partial charge in [0, 0.05) is 24.7 Å². The number of halogens is 1. The van der Waals surface area contributed by atoms with E-state index in [1.54, 1.807) is 13.8 Å². The van der Waals surface area contributed by atoms with Crippen LogP contribution in [-0.4, -0.2) is 30.9 Å². The Balaban J connectivity index is 2.44. The highest BCUT2D eigenvalue weighted by Gasteiger charge is 2.10. The molecule has 0 radical (unpaired) electrons. The Morgan fingerprint density at radius 1 is 1.18 bits per heavy atom. The molecule has 0 saturated heterocycles. The lowest BCUT2D eigenvalue weighted by Crippen LogP contribution is -2.38. The maximum absolute atomic E-state index is 13.3. The summed E-state index contributed by atoms with van der Waals surface area (Å²) in [6, 6.07) is 2.96. The number of carbonyl (C=O) groups is 3. The fourth-order valence-corrected chi connectivity index (χ4v) is 1.53. The monoisotopic (exact) mass is 310 g/mol. The van der Waals surface area contributed by atoms with Crippen LogP contribution in [0.15, 0.2) is 18.2 Å². The van der Waals surface area contributed by atoms with E-state index in [0.717, 1.165) is 12.1 Å². The first-order valence-corrected chi connectivity index (χ1v) is 6.73. The van der Waals surface area contributed by atoms with E-state index in [-0.39, 0.29) is 29.6 Å². The molecule has 8 heteroatoms. The van der Waals surface area contributed by atoms with Gasteiger partial charge in [0.05, 0.1) is 5.56 Å². The molecule has 0 fully saturated rings. The van der Waals surface area contributed by atoms with Crippen molar-refractivity contribution in [3.63, 3.8) is 0 Å². The number of rotatable bonds is 6. The third-order valence-corrected chi connectivity index (χ3v) is 2.72. The highest BCUT2D eigenvalue weighted by molar-refractivity contribution is 5.96. The predicted octanol–water partition coefficient (Wildman–Crippen LogP) is 0.818. The zero-order chi connectivity index (χ0) is 16.7. The molecular formula is C14H19FN4O3. The molecule has 22 heavy (non-hydrogen) atoms. The van der Waals surface area contributed by atoms with Crippen molar-refractivity contribution in [2.75, 3.05) is 18.4 Å². The van der Waals surface area contributed by atoms with Gasteiger partial charge in [-0.2, -0.15) is 0 Å². The molecule has 0 aliphatic rings. The minimum atomic E-state index is -0.919. The zero-order valence-electron chi connectivity index (χ0n) is 12.4. The van der Waals surface area contributed by atoms with Crippen LogP contribution in [0.4, 0.5) is 14.9 Å². The number of anilines is 1. The number of hydrogen-bond acceptors (Lipinski definition) is 3. The molecule has 0 heterocycles. The number of nitrogens with one attached hydrogen (secondary N) is 3. The molecule has 0 aromatic heterocycles. The quantitative estimate of drug-likeness (QED) is 0.583. The second-order valence-corrected chi connectivity index (χ2v) is 4.89. The van der Waals surface area contributed by atoms with Gasteiger partial charge in [-0.15, -0.1) is 0 Å². The minimum absolute atomic E-state index is 0.105. The van der Waals surface area contributed by atoms with Gasteiger partial charge >= 0.3 is 6.03 Å². The van der Waals surface area contributed by atoms with E-state index in [9.17, 15) is 18.8 Å². The number of nitrogens with two attached hydrogens (primary N) is 1. The van der Waals surface area contributed by atoms with Crippen LogP contribution >= 0.6 is 0 Å². The van der Waals surface area contributed by atoms with Gasteiger partial charge in [0.1, 0.15) is 5.82 Å². The van der Waals surface area contributed by atoms with Gasteiger partial charge in [0.25, 0.3) is 5.91 Å². The average molecular weight is 310 g/mol. The molecule has 5 N–H and O–H groups in total. The molecule has 120 valence electrons. The van der Waals surface area contributed by atoms with Crippen molar-refractivity contribution in [3.8, 4) is 0 Å². The molecule has 0 spiro atoms. The van der Waals surface area contributed by atoms with Crippen molar-refractivity contribution < 1.29 is 18.8 Å². The lowest BCUT2D eigenvalue weighted by atomic mass is 10.2. The fraction of sp³-hybridized carbons (Fsp3) is 0.357. The summed E-state index contributed by atoms with van der Waals surface area (Å²) in [5.74, 6) is -1.90. The Morgan fingerprint density at radius 3 is 2.41 bits per heavy atom. The van der Waals surface area contributed by atoms with Gasteiger partial charge < -0.3 is 21.7 Å². The first-order chi connectivity index (χ1) is 10.3. The Hall–Kier alpha value is -2.64. The Bertz CT molecular complexity index is 575. The number of amides is 4. The first kappa shape index (κ1) is 17.4. The lowest BCUT2D eigenvalue weighted by molar-refractivity contribution is -0.123. The number of carbonyl (C=O) groups excluding carboxylic acids is 3. The second kappa shape index (κ2) is 7.96. The normalized spacial score (nSPS) is 10.2. The Labute approximate surface area is 127 Å². The summed E-state index contributed by atoms with van der Waals surface area (Å²) < 4.78 is 13.3. The third kappa shape index (κ3) is 5.39. The number of benzene rings is 1. The molecule has 0 aliphatic carbocycles. The van der Waals surface area contributed by atoms with Gasteiger partial charge in [-0.05, 0) is 18.2 Å². The molecule has 1 aromatic carbocycles. The molecule has 7 nitrogen and oxygen atoms in total. The second-order valence-electron chi connectivity index (χ2n) is 4.89. The fourth-order valence-electron chi connectivity index (χ4n) is 1.53. The van der Waals surface area contributed by atoms with Crippen molar-refractivity contribution in [3.05, 3.63) is 29.6 Å². The topological polar surface area (TPSA) is 113 Å². The van der Waals surface area contributed by atoms with Gasteiger partial charge in [-0.3, -0.25) is 9.59 Å². The van der Waals surface area contributed by atoms with Crippen molar-refractivity contribution >= 4 is 23.5 Å². The van der Waals surface area contributed by atoms with Crippen LogP contribution in [0.5, 0.6) is 0 Å². The maximum atomic E-state index is 13.3. The van der Waals surface area contributed by atoms with Crippen LogP contribution in [-0.2, 0) is 4.79 Å². The first-order valence-electron chi connectivity index (χ1n) is 6.73. The van der Waals surface area contributed by atoms with Gasteiger partial charge in [0.2, 0.25) is 5.91 Å². The van der Waals surface area contributed by atoms with E-state index < -0.39 is 17.8 Å². The van der Waals surface area contributed by atoms with Crippen molar-refractivity contribution in [2.45, 2.75) is 13.8 Å². The molecule has 0 bridgehead atoms. The van der Waals surface area contributed by atoms with Crippen LogP contribution < -0.4 is 21.7 Å². The average Bonchev–Trinajstić information content (AvgIpc) is 2.45. The number of hydrogen-bond donors (Lipinski definition) is 4. The summed E-state index contributed by atoms with van der Waals surface area (Å²) in [5.41, 5.74) is 4.95. The molecule has 1 rings (SSSR count). The molecule has 4 amide bonds. The Kier molecular flexibility index (Phi) is 6.30. The van der Waals surface area contributed by atoms with E-state index >= 15 is 0 Å². The summed E-state index contributed by atoms with van der Waals surface area (Å²) in [4.78, 5) is 33.9. The number of urea groups is 1. The maximum Gasteiger partial charge on any atom is 0.319 e. The molecule has 0 saturated carbocycles. The standard InChI is InChI=1S/C14H19FN4O3/c1-8(2)13(21)17-5-6-18-14(22)19-9-3-4-11(15)10(7-9)12(16)20/h3-4,7-8H,5-6H2,1-2H3,(H2,16,20)(H,17,21)(H2,18,19,22).